The zero-order valence-electron chi connectivity index (χ0n) is 6.13. The lowest BCUT2D eigenvalue weighted by Crippen LogP contribution is -2.07. The van der Waals surface area contributed by atoms with Crippen LogP contribution < -0.4 is 5.32 Å². The average Bonchev–Trinajstić information content (AvgIpc) is 2.41. The third kappa shape index (κ3) is 2.50. The Morgan fingerprint density at radius 2 is 2.60 bits per heavy atom. The Morgan fingerprint density at radius 3 is 3.20 bits per heavy atom. The molecule has 0 atom stereocenters. The van der Waals surface area contributed by atoms with E-state index in [9.17, 15) is 0 Å². The van der Waals surface area contributed by atoms with Gasteiger partial charge in [-0.3, -0.25) is 0 Å². The number of hydrogen-bond acceptors (Lipinski definition) is 2. The highest BCUT2D eigenvalue weighted by Crippen LogP contribution is 2.11. The summed E-state index contributed by atoms with van der Waals surface area (Å²) in [6.07, 6.45) is 3.37. The molecule has 0 spiro atoms. The van der Waals surface area contributed by atoms with Gasteiger partial charge in [-0.25, -0.2) is 0 Å². The van der Waals surface area contributed by atoms with E-state index in [0.29, 0.717) is 0 Å². The second-order valence-corrected chi connectivity index (χ2v) is 3.09. The lowest BCUT2D eigenvalue weighted by atomic mass is 10.3. The van der Waals surface area contributed by atoms with Crippen LogP contribution >= 0.6 is 11.3 Å². The van der Waals surface area contributed by atoms with Crippen molar-refractivity contribution in [2.75, 3.05) is 13.6 Å². The maximum absolute atomic E-state index is 3.10. The summed E-state index contributed by atoms with van der Waals surface area (Å²) in [5.41, 5.74) is 0. The molecule has 1 radical (unpaired) electrons. The maximum Gasteiger partial charge on any atom is 0.00830 e. The van der Waals surface area contributed by atoms with Crippen molar-refractivity contribution in [2.24, 2.45) is 0 Å². The molecule has 0 aromatic carbocycles. The lowest BCUT2D eigenvalue weighted by Gasteiger charge is -1.94. The summed E-state index contributed by atoms with van der Waals surface area (Å²) in [5, 5.41) is 5.21. The second kappa shape index (κ2) is 4.47. The Bertz CT molecular complexity index is 158. The van der Waals surface area contributed by atoms with Crippen molar-refractivity contribution in [2.45, 2.75) is 6.42 Å². The topological polar surface area (TPSA) is 12.0 Å². The number of hydrogen-bond donors (Lipinski definition) is 1. The van der Waals surface area contributed by atoms with Gasteiger partial charge in [0.15, 0.2) is 0 Å². The predicted octanol–water partition coefficient (Wildman–Crippen LogP) is 1.91. The Hall–Kier alpha value is -0.340. The summed E-state index contributed by atoms with van der Waals surface area (Å²) in [7, 11) is 1.97. The first-order chi connectivity index (χ1) is 4.93. The normalized spacial score (nSPS) is 10.1. The molecule has 0 unspecified atom stereocenters. The van der Waals surface area contributed by atoms with Crippen LogP contribution in [0.2, 0.25) is 0 Å². The number of thiophene rings is 1. The van der Waals surface area contributed by atoms with Crippen molar-refractivity contribution < 1.29 is 0 Å². The summed E-state index contributed by atoms with van der Waals surface area (Å²) in [6, 6.07) is 4.22. The Morgan fingerprint density at radius 1 is 1.70 bits per heavy atom. The van der Waals surface area contributed by atoms with Gasteiger partial charge in [0.05, 0.1) is 0 Å². The minimum Gasteiger partial charge on any atom is -0.320 e. The van der Waals surface area contributed by atoms with Gasteiger partial charge in [-0.1, -0.05) is 6.07 Å². The first-order valence-electron chi connectivity index (χ1n) is 3.45. The van der Waals surface area contributed by atoms with Gasteiger partial charge >= 0.3 is 0 Å². The molecule has 0 aliphatic carbocycles. The highest BCUT2D eigenvalue weighted by Gasteiger charge is 1.91. The third-order valence-electron chi connectivity index (χ3n) is 1.28. The molecule has 0 bridgehead atoms. The van der Waals surface area contributed by atoms with Crippen molar-refractivity contribution in [1.29, 1.82) is 0 Å². The molecule has 2 heteroatoms. The molecule has 0 aliphatic rings. The SMILES string of the molecule is CNCC[CH]c1cccs1. The summed E-state index contributed by atoms with van der Waals surface area (Å²) in [5.74, 6) is 0. The summed E-state index contributed by atoms with van der Waals surface area (Å²) in [6.45, 7) is 1.07. The van der Waals surface area contributed by atoms with Crippen LogP contribution in [-0.4, -0.2) is 13.6 Å². The third-order valence-corrected chi connectivity index (χ3v) is 2.15. The fourth-order valence-electron chi connectivity index (χ4n) is 0.766. The fraction of sp³-hybridized carbons (Fsp3) is 0.375. The van der Waals surface area contributed by atoms with E-state index >= 15 is 0 Å². The van der Waals surface area contributed by atoms with E-state index in [-0.39, 0.29) is 0 Å². The Kier molecular flexibility index (Phi) is 3.47. The summed E-state index contributed by atoms with van der Waals surface area (Å²) >= 11 is 1.79. The smallest absolute Gasteiger partial charge is 0.00830 e. The van der Waals surface area contributed by atoms with Crippen molar-refractivity contribution in [1.82, 2.24) is 5.32 Å². The first-order valence-corrected chi connectivity index (χ1v) is 4.33. The van der Waals surface area contributed by atoms with E-state index in [0.717, 1.165) is 13.0 Å². The van der Waals surface area contributed by atoms with Gasteiger partial charge in [0, 0.05) is 11.3 Å². The lowest BCUT2D eigenvalue weighted by molar-refractivity contribution is 0.790. The first kappa shape index (κ1) is 7.76. The second-order valence-electron chi connectivity index (χ2n) is 2.11. The maximum atomic E-state index is 3.10. The van der Waals surface area contributed by atoms with Crippen LogP contribution in [0.4, 0.5) is 0 Å². The van der Waals surface area contributed by atoms with Crippen LogP contribution in [0.25, 0.3) is 0 Å². The van der Waals surface area contributed by atoms with Gasteiger partial charge in [-0.2, -0.15) is 0 Å². The van der Waals surface area contributed by atoms with Gasteiger partial charge < -0.3 is 5.32 Å². The molecule has 1 rings (SSSR count). The molecule has 10 heavy (non-hydrogen) atoms. The van der Waals surface area contributed by atoms with E-state index in [1.54, 1.807) is 11.3 Å². The van der Waals surface area contributed by atoms with Gasteiger partial charge in [0.1, 0.15) is 0 Å². The van der Waals surface area contributed by atoms with E-state index in [2.05, 4.69) is 29.3 Å². The van der Waals surface area contributed by atoms with Crippen LogP contribution in [0.15, 0.2) is 17.5 Å². The zero-order valence-corrected chi connectivity index (χ0v) is 6.95. The van der Waals surface area contributed by atoms with E-state index in [1.807, 2.05) is 7.05 Å². The van der Waals surface area contributed by atoms with Crippen molar-refractivity contribution >= 4 is 11.3 Å². The van der Waals surface area contributed by atoms with Crippen LogP contribution in [0.5, 0.6) is 0 Å². The van der Waals surface area contributed by atoms with Gasteiger partial charge in [0.2, 0.25) is 0 Å². The van der Waals surface area contributed by atoms with Crippen LogP contribution in [0.3, 0.4) is 0 Å². The molecule has 0 amide bonds. The Balaban J connectivity index is 2.15. The Labute approximate surface area is 66.1 Å². The highest BCUT2D eigenvalue weighted by atomic mass is 32.1. The standard InChI is InChI=1S/C8H12NS/c1-9-6-2-4-8-5-3-7-10-8/h3-5,7,9H,2,6H2,1H3. The molecular formula is C8H12NS. The quantitative estimate of drug-likeness (QED) is 0.653. The molecular weight excluding hydrogens is 142 g/mol. The molecule has 0 saturated heterocycles. The van der Waals surface area contributed by atoms with Crippen molar-refractivity contribution in [3.63, 3.8) is 0 Å². The molecule has 0 fully saturated rings. The van der Waals surface area contributed by atoms with Gasteiger partial charge in [-0.05, 0) is 31.5 Å². The summed E-state index contributed by atoms with van der Waals surface area (Å²) < 4.78 is 0. The van der Waals surface area contributed by atoms with E-state index in [1.165, 1.54) is 4.88 Å². The van der Waals surface area contributed by atoms with Gasteiger partial charge in [-0.15, -0.1) is 11.3 Å². The minimum atomic E-state index is 1.07. The van der Waals surface area contributed by atoms with E-state index in [4.69, 9.17) is 0 Å². The van der Waals surface area contributed by atoms with Crippen LogP contribution in [0, 0.1) is 6.42 Å². The highest BCUT2D eigenvalue weighted by molar-refractivity contribution is 7.10. The average molecular weight is 154 g/mol. The van der Waals surface area contributed by atoms with Crippen LogP contribution in [0.1, 0.15) is 11.3 Å². The predicted molar refractivity (Wildman–Crippen MR) is 46.3 cm³/mol. The van der Waals surface area contributed by atoms with Crippen molar-refractivity contribution in [3.8, 4) is 0 Å². The molecule has 1 nitrogen and oxygen atoms in total. The fourth-order valence-corrected chi connectivity index (χ4v) is 1.45. The largest absolute Gasteiger partial charge is 0.320 e. The molecule has 0 saturated carbocycles. The monoisotopic (exact) mass is 154 g/mol. The molecule has 55 valence electrons. The molecule has 1 N–H and O–H groups in total. The summed E-state index contributed by atoms with van der Waals surface area (Å²) in [4.78, 5) is 1.37. The molecule has 1 aromatic heterocycles. The number of nitrogens with one attached hydrogen (secondary N) is 1. The van der Waals surface area contributed by atoms with Gasteiger partial charge in [0.25, 0.3) is 0 Å². The molecule has 1 heterocycles. The van der Waals surface area contributed by atoms with Crippen molar-refractivity contribution in [3.05, 3.63) is 28.8 Å². The van der Waals surface area contributed by atoms with Crippen LogP contribution in [-0.2, 0) is 0 Å². The molecule has 0 aliphatic heterocycles. The minimum absolute atomic E-state index is 1.07. The molecule has 1 aromatic rings. The van der Waals surface area contributed by atoms with E-state index < -0.39 is 0 Å². The zero-order chi connectivity index (χ0) is 7.23. The number of rotatable bonds is 4.